The summed E-state index contributed by atoms with van der Waals surface area (Å²) in [6.07, 6.45) is 1.32. The van der Waals surface area contributed by atoms with Gasteiger partial charge in [-0.05, 0) is 24.3 Å². The average Bonchev–Trinajstić information content (AvgIpc) is 3.26. The van der Waals surface area contributed by atoms with Crippen LogP contribution in [0.5, 0.6) is 0 Å². The third-order valence-electron chi connectivity index (χ3n) is 3.87. The van der Waals surface area contributed by atoms with Crippen LogP contribution in [0.15, 0.2) is 30.3 Å². The summed E-state index contributed by atoms with van der Waals surface area (Å²) in [5.74, 6) is 0.218. The summed E-state index contributed by atoms with van der Waals surface area (Å²) in [7, 11) is 1.77. The molecule has 1 aromatic rings. The minimum atomic E-state index is -0.807. The Labute approximate surface area is 126 Å². The number of carbonyl (C=O) groups is 2. The lowest BCUT2D eigenvalue weighted by Crippen LogP contribution is -2.44. The maximum absolute atomic E-state index is 12.6. The van der Waals surface area contributed by atoms with Gasteiger partial charge in [0.1, 0.15) is 5.41 Å². The zero-order valence-electron chi connectivity index (χ0n) is 13.1. The van der Waals surface area contributed by atoms with Crippen LogP contribution < -0.4 is 5.32 Å². The highest BCUT2D eigenvalue weighted by Crippen LogP contribution is 2.47. The van der Waals surface area contributed by atoms with Crippen molar-refractivity contribution in [1.82, 2.24) is 10.2 Å². The molecule has 1 N–H and O–H groups in total. The number of rotatable bonds is 6. The van der Waals surface area contributed by atoms with E-state index in [1.54, 1.807) is 11.9 Å². The fraction of sp³-hybridized carbons (Fsp3) is 0.529. The molecule has 114 valence electrons. The lowest BCUT2D eigenvalue weighted by atomic mass is 10.0. The standard InChI is InChI=1S/C17H24N2O2/c1-13(2)11-18-15(20)17(9-10-17)16(21)19(3)12-14-7-5-4-6-8-14/h4-8,13H,9-12H2,1-3H3,(H,18,20). The zero-order chi connectivity index (χ0) is 15.5. The fourth-order valence-electron chi connectivity index (χ4n) is 2.42. The summed E-state index contributed by atoms with van der Waals surface area (Å²) < 4.78 is 0. The van der Waals surface area contributed by atoms with Gasteiger partial charge in [-0.1, -0.05) is 44.2 Å². The quantitative estimate of drug-likeness (QED) is 0.816. The van der Waals surface area contributed by atoms with Crippen molar-refractivity contribution in [3.8, 4) is 0 Å². The Balaban J connectivity index is 1.97. The van der Waals surface area contributed by atoms with E-state index in [1.807, 2.05) is 44.2 Å². The van der Waals surface area contributed by atoms with Crippen LogP contribution in [0.3, 0.4) is 0 Å². The summed E-state index contributed by atoms with van der Waals surface area (Å²) in [6.45, 7) is 5.25. The maximum atomic E-state index is 12.6. The van der Waals surface area contributed by atoms with Crippen LogP contribution in [0.4, 0.5) is 0 Å². The van der Waals surface area contributed by atoms with Crippen LogP contribution >= 0.6 is 0 Å². The number of carbonyl (C=O) groups excluding carboxylic acids is 2. The molecule has 0 heterocycles. The Morgan fingerprint density at radius 2 is 1.86 bits per heavy atom. The Bertz CT molecular complexity index is 507. The van der Waals surface area contributed by atoms with E-state index in [2.05, 4.69) is 5.32 Å². The van der Waals surface area contributed by atoms with Crippen molar-refractivity contribution in [2.75, 3.05) is 13.6 Å². The molecule has 0 spiro atoms. The Kier molecular flexibility index (Phi) is 4.66. The number of amides is 2. The van der Waals surface area contributed by atoms with E-state index in [9.17, 15) is 9.59 Å². The first-order valence-corrected chi connectivity index (χ1v) is 7.53. The summed E-state index contributed by atoms with van der Waals surface area (Å²) in [6, 6.07) is 9.84. The molecule has 4 heteroatoms. The lowest BCUT2D eigenvalue weighted by Gasteiger charge is -2.23. The Morgan fingerprint density at radius 3 is 2.38 bits per heavy atom. The lowest BCUT2D eigenvalue weighted by molar-refractivity contribution is -0.143. The molecule has 0 saturated heterocycles. The van der Waals surface area contributed by atoms with Crippen LogP contribution in [-0.4, -0.2) is 30.3 Å². The van der Waals surface area contributed by atoms with Crippen molar-refractivity contribution >= 4 is 11.8 Å². The maximum Gasteiger partial charge on any atom is 0.238 e. The third kappa shape index (κ3) is 3.63. The van der Waals surface area contributed by atoms with Gasteiger partial charge in [0, 0.05) is 20.1 Å². The molecule has 1 aliphatic carbocycles. The molecule has 0 atom stereocenters. The highest BCUT2D eigenvalue weighted by atomic mass is 16.2. The predicted octanol–water partition coefficient (Wildman–Crippen LogP) is 2.20. The van der Waals surface area contributed by atoms with Crippen LogP contribution in [-0.2, 0) is 16.1 Å². The van der Waals surface area contributed by atoms with Gasteiger partial charge in [-0.25, -0.2) is 0 Å². The zero-order valence-corrected chi connectivity index (χ0v) is 13.1. The van der Waals surface area contributed by atoms with Crippen molar-refractivity contribution in [3.05, 3.63) is 35.9 Å². The molecule has 2 amide bonds. The molecule has 1 aliphatic rings. The predicted molar refractivity (Wildman–Crippen MR) is 82.4 cm³/mol. The van der Waals surface area contributed by atoms with Crippen molar-refractivity contribution < 1.29 is 9.59 Å². The van der Waals surface area contributed by atoms with E-state index >= 15 is 0 Å². The molecule has 1 fully saturated rings. The topological polar surface area (TPSA) is 49.4 Å². The van der Waals surface area contributed by atoms with Crippen molar-refractivity contribution in [1.29, 1.82) is 0 Å². The average molecular weight is 288 g/mol. The minimum Gasteiger partial charge on any atom is -0.355 e. The SMILES string of the molecule is CC(C)CNC(=O)C1(C(=O)N(C)Cc2ccccc2)CC1. The van der Waals surface area contributed by atoms with Crippen LogP contribution in [0.1, 0.15) is 32.3 Å². The van der Waals surface area contributed by atoms with E-state index in [0.29, 0.717) is 31.8 Å². The Hall–Kier alpha value is -1.84. The van der Waals surface area contributed by atoms with Gasteiger partial charge in [-0.2, -0.15) is 0 Å². The van der Waals surface area contributed by atoms with Gasteiger partial charge in [-0.3, -0.25) is 9.59 Å². The number of nitrogens with zero attached hydrogens (tertiary/aromatic N) is 1. The second-order valence-electron chi connectivity index (χ2n) is 6.33. The molecule has 1 aromatic carbocycles. The van der Waals surface area contributed by atoms with Crippen molar-refractivity contribution in [2.45, 2.75) is 33.2 Å². The Morgan fingerprint density at radius 1 is 1.24 bits per heavy atom. The second-order valence-corrected chi connectivity index (χ2v) is 6.33. The van der Waals surface area contributed by atoms with Gasteiger partial charge in [0.2, 0.25) is 11.8 Å². The first-order chi connectivity index (χ1) is 9.95. The van der Waals surface area contributed by atoms with E-state index in [4.69, 9.17) is 0 Å². The van der Waals surface area contributed by atoms with Gasteiger partial charge in [0.05, 0.1) is 0 Å². The minimum absolute atomic E-state index is 0.0624. The number of hydrogen-bond acceptors (Lipinski definition) is 2. The molecule has 4 nitrogen and oxygen atoms in total. The van der Waals surface area contributed by atoms with Crippen molar-refractivity contribution in [2.24, 2.45) is 11.3 Å². The fourth-order valence-corrected chi connectivity index (χ4v) is 2.42. The van der Waals surface area contributed by atoms with Crippen molar-refractivity contribution in [3.63, 3.8) is 0 Å². The summed E-state index contributed by atoms with van der Waals surface area (Å²) >= 11 is 0. The van der Waals surface area contributed by atoms with E-state index in [-0.39, 0.29) is 11.8 Å². The third-order valence-corrected chi connectivity index (χ3v) is 3.87. The van der Waals surface area contributed by atoms with Crippen LogP contribution in [0.2, 0.25) is 0 Å². The van der Waals surface area contributed by atoms with E-state index < -0.39 is 5.41 Å². The highest BCUT2D eigenvalue weighted by molar-refractivity contribution is 6.07. The molecule has 1 saturated carbocycles. The molecule has 0 radical (unpaired) electrons. The summed E-state index contributed by atoms with van der Waals surface area (Å²) in [5, 5.41) is 2.90. The molecule has 2 rings (SSSR count). The highest BCUT2D eigenvalue weighted by Gasteiger charge is 2.57. The van der Waals surface area contributed by atoms with E-state index in [0.717, 1.165) is 5.56 Å². The summed E-state index contributed by atoms with van der Waals surface area (Å²) in [4.78, 5) is 26.5. The molecule has 0 unspecified atom stereocenters. The molecular formula is C17H24N2O2. The van der Waals surface area contributed by atoms with Gasteiger partial charge < -0.3 is 10.2 Å². The monoisotopic (exact) mass is 288 g/mol. The second kappa shape index (κ2) is 6.29. The number of hydrogen-bond donors (Lipinski definition) is 1. The van der Waals surface area contributed by atoms with Gasteiger partial charge in [0.15, 0.2) is 0 Å². The molecule has 0 bridgehead atoms. The van der Waals surface area contributed by atoms with Gasteiger partial charge in [-0.15, -0.1) is 0 Å². The largest absolute Gasteiger partial charge is 0.355 e. The summed E-state index contributed by atoms with van der Waals surface area (Å²) in [5.41, 5.74) is 0.269. The van der Waals surface area contributed by atoms with Gasteiger partial charge >= 0.3 is 0 Å². The molecule has 0 aliphatic heterocycles. The smallest absolute Gasteiger partial charge is 0.238 e. The molecule has 21 heavy (non-hydrogen) atoms. The van der Waals surface area contributed by atoms with Crippen LogP contribution in [0.25, 0.3) is 0 Å². The molecular weight excluding hydrogens is 264 g/mol. The van der Waals surface area contributed by atoms with Gasteiger partial charge in [0.25, 0.3) is 0 Å². The normalized spacial score (nSPS) is 15.6. The van der Waals surface area contributed by atoms with E-state index in [1.165, 1.54) is 0 Å². The molecule has 0 aromatic heterocycles. The number of nitrogens with one attached hydrogen (secondary N) is 1. The first kappa shape index (κ1) is 15.5. The number of benzene rings is 1. The first-order valence-electron chi connectivity index (χ1n) is 7.53. The van der Waals surface area contributed by atoms with Crippen LogP contribution in [0, 0.1) is 11.3 Å².